The first kappa shape index (κ1) is 15.3. The number of piperidine rings is 1. The van der Waals surface area contributed by atoms with Crippen LogP contribution in [-0.4, -0.2) is 37.6 Å². The van der Waals surface area contributed by atoms with E-state index in [1.807, 2.05) is 6.07 Å². The lowest BCUT2D eigenvalue weighted by Crippen LogP contribution is -2.47. The largest absolute Gasteiger partial charge is 0.341 e. The molecule has 0 aliphatic carbocycles. The van der Waals surface area contributed by atoms with Gasteiger partial charge in [-0.25, -0.2) is 13.6 Å². The topological polar surface area (TPSA) is 80.5 Å². The number of hydrogen-bond acceptors (Lipinski definition) is 3. The fourth-order valence-electron chi connectivity index (χ4n) is 2.37. The van der Waals surface area contributed by atoms with E-state index in [0.717, 1.165) is 5.56 Å². The number of nitrogens with two attached hydrogens (primary N) is 1. The first-order valence-electron chi connectivity index (χ1n) is 6.40. The second-order valence-corrected chi connectivity index (χ2v) is 7.28. The molecule has 2 rings (SSSR count). The van der Waals surface area contributed by atoms with Crippen LogP contribution in [0.3, 0.4) is 0 Å². The Hall–Kier alpha value is -1.11. The maximum atomic E-state index is 12.2. The molecular formula is C13H17ClN2O3S. The summed E-state index contributed by atoms with van der Waals surface area (Å²) in [4.78, 5) is 13.8. The van der Waals surface area contributed by atoms with Crippen molar-refractivity contribution in [3.05, 3.63) is 34.9 Å². The van der Waals surface area contributed by atoms with Crippen LogP contribution in [0, 0.1) is 0 Å². The molecule has 1 atom stereocenters. The average molecular weight is 317 g/mol. The van der Waals surface area contributed by atoms with Gasteiger partial charge in [-0.1, -0.05) is 23.7 Å². The van der Waals surface area contributed by atoms with E-state index < -0.39 is 15.3 Å². The number of halogens is 1. The SMILES string of the molecule is NS(=O)(=O)C1CCCN(C(=O)Cc2cccc(Cl)c2)C1. The summed E-state index contributed by atoms with van der Waals surface area (Å²) in [5.41, 5.74) is 0.820. The van der Waals surface area contributed by atoms with Crippen molar-refractivity contribution in [2.75, 3.05) is 13.1 Å². The van der Waals surface area contributed by atoms with Crippen molar-refractivity contribution in [1.82, 2.24) is 4.90 Å². The number of hydrogen-bond donors (Lipinski definition) is 1. The van der Waals surface area contributed by atoms with Gasteiger partial charge in [-0.15, -0.1) is 0 Å². The van der Waals surface area contributed by atoms with Crippen molar-refractivity contribution in [2.45, 2.75) is 24.5 Å². The van der Waals surface area contributed by atoms with Gasteiger partial charge in [0.15, 0.2) is 0 Å². The Labute approximate surface area is 123 Å². The summed E-state index contributed by atoms with van der Waals surface area (Å²) in [7, 11) is -3.59. The first-order chi connectivity index (χ1) is 9.36. The number of amides is 1. The van der Waals surface area contributed by atoms with Crippen LogP contribution in [-0.2, 0) is 21.2 Å². The summed E-state index contributed by atoms with van der Waals surface area (Å²) < 4.78 is 22.8. The van der Waals surface area contributed by atoms with Crippen LogP contribution >= 0.6 is 11.6 Å². The molecule has 20 heavy (non-hydrogen) atoms. The molecule has 1 saturated heterocycles. The molecule has 0 radical (unpaired) electrons. The van der Waals surface area contributed by atoms with Crippen LogP contribution < -0.4 is 5.14 Å². The Kier molecular flexibility index (Phi) is 4.67. The molecule has 1 aromatic carbocycles. The standard InChI is InChI=1S/C13H17ClN2O3S/c14-11-4-1-3-10(7-11)8-13(17)16-6-2-5-12(9-16)20(15,18)19/h1,3-4,7,12H,2,5-6,8-9H2,(H2,15,18,19). The molecule has 7 heteroatoms. The minimum Gasteiger partial charge on any atom is -0.341 e. The number of carbonyl (C=O) groups is 1. The number of primary sulfonamides is 1. The normalized spacial score (nSPS) is 19.9. The highest BCUT2D eigenvalue weighted by atomic mass is 35.5. The zero-order valence-electron chi connectivity index (χ0n) is 11.0. The highest BCUT2D eigenvalue weighted by molar-refractivity contribution is 7.89. The van der Waals surface area contributed by atoms with Crippen LogP contribution in [0.1, 0.15) is 18.4 Å². The maximum absolute atomic E-state index is 12.2. The minimum absolute atomic E-state index is 0.0967. The lowest BCUT2D eigenvalue weighted by atomic mass is 10.1. The molecule has 2 N–H and O–H groups in total. The van der Waals surface area contributed by atoms with E-state index in [1.165, 1.54) is 0 Å². The molecule has 0 saturated carbocycles. The summed E-state index contributed by atoms with van der Waals surface area (Å²) in [6, 6.07) is 7.09. The molecule has 1 aliphatic heterocycles. The summed E-state index contributed by atoms with van der Waals surface area (Å²) >= 11 is 5.88. The van der Waals surface area contributed by atoms with Crippen molar-refractivity contribution in [3.63, 3.8) is 0 Å². The van der Waals surface area contributed by atoms with Crippen LogP contribution in [0.4, 0.5) is 0 Å². The third-order valence-electron chi connectivity index (χ3n) is 3.44. The van der Waals surface area contributed by atoms with Gasteiger partial charge in [0, 0.05) is 18.1 Å². The fraction of sp³-hybridized carbons (Fsp3) is 0.462. The van der Waals surface area contributed by atoms with E-state index in [-0.39, 0.29) is 18.9 Å². The highest BCUT2D eigenvalue weighted by Crippen LogP contribution is 2.17. The van der Waals surface area contributed by atoms with E-state index >= 15 is 0 Å². The van der Waals surface area contributed by atoms with E-state index in [9.17, 15) is 13.2 Å². The van der Waals surface area contributed by atoms with Gasteiger partial charge in [0.2, 0.25) is 15.9 Å². The summed E-state index contributed by atoms with van der Waals surface area (Å²) in [6.45, 7) is 0.754. The van der Waals surface area contributed by atoms with E-state index in [2.05, 4.69) is 0 Å². The number of rotatable bonds is 3. The van der Waals surface area contributed by atoms with Gasteiger partial charge in [-0.3, -0.25) is 4.79 Å². The molecule has 1 fully saturated rings. The van der Waals surface area contributed by atoms with Crippen molar-refractivity contribution < 1.29 is 13.2 Å². The van der Waals surface area contributed by atoms with Gasteiger partial charge in [-0.05, 0) is 30.5 Å². The Bertz CT molecular complexity index is 603. The molecular weight excluding hydrogens is 300 g/mol. The van der Waals surface area contributed by atoms with Crippen LogP contribution in [0.5, 0.6) is 0 Å². The predicted octanol–water partition coefficient (Wildman–Crippen LogP) is 1.16. The predicted molar refractivity (Wildman–Crippen MR) is 77.9 cm³/mol. The number of sulfonamides is 1. The van der Waals surface area contributed by atoms with Crippen LogP contribution in [0.15, 0.2) is 24.3 Å². The summed E-state index contributed by atoms with van der Waals surface area (Å²) in [5.74, 6) is -0.0967. The monoisotopic (exact) mass is 316 g/mol. The molecule has 1 aliphatic rings. The minimum atomic E-state index is -3.59. The third-order valence-corrected chi connectivity index (χ3v) is 4.99. The fourth-order valence-corrected chi connectivity index (χ4v) is 3.46. The van der Waals surface area contributed by atoms with Gasteiger partial charge >= 0.3 is 0 Å². The molecule has 0 bridgehead atoms. The maximum Gasteiger partial charge on any atom is 0.227 e. The number of nitrogens with zero attached hydrogens (tertiary/aromatic N) is 1. The van der Waals surface area contributed by atoms with Crippen LogP contribution in [0.25, 0.3) is 0 Å². The van der Waals surface area contributed by atoms with E-state index in [4.69, 9.17) is 16.7 Å². The zero-order valence-corrected chi connectivity index (χ0v) is 12.5. The molecule has 0 aromatic heterocycles. The van der Waals surface area contributed by atoms with Gasteiger partial charge in [0.1, 0.15) is 0 Å². The van der Waals surface area contributed by atoms with Crippen molar-refractivity contribution in [2.24, 2.45) is 5.14 Å². The Morgan fingerprint density at radius 3 is 2.85 bits per heavy atom. The van der Waals surface area contributed by atoms with Crippen molar-refractivity contribution in [3.8, 4) is 0 Å². The van der Waals surface area contributed by atoms with Gasteiger partial charge in [0.25, 0.3) is 0 Å². The molecule has 1 unspecified atom stereocenters. The second kappa shape index (κ2) is 6.11. The second-order valence-electron chi connectivity index (χ2n) is 5.00. The quantitative estimate of drug-likeness (QED) is 0.908. The average Bonchev–Trinajstić information content (AvgIpc) is 2.38. The number of likely N-dealkylation sites (tertiary alicyclic amines) is 1. The molecule has 110 valence electrons. The smallest absolute Gasteiger partial charge is 0.227 e. The highest BCUT2D eigenvalue weighted by Gasteiger charge is 2.30. The Balaban J connectivity index is 2.02. The van der Waals surface area contributed by atoms with Crippen molar-refractivity contribution in [1.29, 1.82) is 0 Å². The summed E-state index contributed by atoms with van der Waals surface area (Å²) in [6.07, 6.45) is 1.39. The van der Waals surface area contributed by atoms with Crippen molar-refractivity contribution >= 4 is 27.5 Å². The zero-order chi connectivity index (χ0) is 14.8. The third kappa shape index (κ3) is 3.94. The molecule has 1 heterocycles. The number of carbonyl (C=O) groups excluding carboxylic acids is 1. The summed E-state index contributed by atoms with van der Waals surface area (Å²) in [5, 5.41) is 5.09. The van der Waals surface area contributed by atoms with Gasteiger partial charge < -0.3 is 4.90 Å². The molecule has 1 amide bonds. The Morgan fingerprint density at radius 2 is 2.20 bits per heavy atom. The van der Waals surface area contributed by atoms with Gasteiger partial charge in [-0.2, -0.15) is 0 Å². The molecule has 0 spiro atoms. The number of benzene rings is 1. The molecule has 1 aromatic rings. The molecule has 5 nitrogen and oxygen atoms in total. The van der Waals surface area contributed by atoms with Gasteiger partial charge in [0.05, 0.1) is 11.7 Å². The van der Waals surface area contributed by atoms with E-state index in [0.29, 0.717) is 24.4 Å². The lowest BCUT2D eigenvalue weighted by molar-refractivity contribution is -0.131. The van der Waals surface area contributed by atoms with E-state index in [1.54, 1.807) is 23.1 Å². The first-order valence-corrected chi connectivity index (χ1v) is 8.39. The van der Waals surface area contributed by atoms with Crippen LogP contribution in [0.2, 0.25) is 5.02 Å². The lowest BCUT2D eigenvalue weighted by Gasteiger charge is -2.31. The Morgan fingerprint density at radius 1 is 1.45 bits per heavy atom.